The van der Waals surface area contributed by atoms with Gasteiger partial charge in [0.15, 0.2) is 0 Å². The first-order valence-corrected chi connectivity index (χ1v) is 8.94. The van der Waals surface area contributed by atoms with E-state index < -0.39 is 0 Å². The van der Waals surface area contributed by atoms with E-state index in [1.807, 2.05) is 36.1 Å². The number of nitrogens with one attached hydrogen (secondary N) is 2. The molecule has 3 amide bonds. The first-order valence-electron chi connectivity index (χ1n) is 8.06. The van der Waals surface area contributed by atoms with Gasteiger partial charge in [-0.25, -0.2) is 4.79 Å². The zero-order valence-corrected chi connectivity index (χ0v) is 14.5. The largest absolute Gasteiger partial charge is 0.338 e. The normalized spacial score (nSPS) is 13.3. The van der Waals surface area contributed by atoms with E-state index in [1.54, 1.807) is 11.3 Å². The number of rotatable bonds is 4. The molecule has 0 saturated carbocycles. The summed E-state index contributed by atoms with van der Waals surface area (Å²) >= 11 is 1.76. The van der Waals surface area contributed by atoms with Crippen LogP contribution in [-0.4, -0.2) is 29.9 Å². The van der Waals surface area contributed by atoms with E-state index in [-0.39, 0.29) is 11.9 Å². The van der Waals surface area contributed by atoms with Gasteiger partial charge < -0.3 is 15.5 Å². The molecule has 0 fully saturated rings. The molecule has 1 aliphatic heterocycles. The Morgan fingerprint density at radius 2 is 2.00 bits per heavy atom. The molecule has 0 atom stereocenters. The lowest BCUT2D eigenvalue weighted by Crippen LogP contribution is -2.38. The molecule has 0 spiro atoms. The van der Waals surface area contributed by atoms with Crippen LogP contribution in [0.2, 0.25) is 0 Å². The van der Waals surface area contributed by atoms with Crippen LogP contribution in [0.1, 0.15) is 22.4 Å². The maximum Gasteiger partial charge on any atom is 0.319 e. The molecule has 0 unspecified atom stereocenters. The molecule has 0 saturated heterocycles. The molecule has 2 N–H and O–H groups in total. The van der Waals surface area contributed by atoms with Crippen LogP contribution in [0.25, 0.3) is 0 Å². The first-order chi connectivity index (χ1) is 11.6. The number of hydrogen-bond acceptors (Lipinski definition) is 3. The van der Waals surface area contributed by atoms with Crippen LogP contribution in [0, 0.1) is 6.92 Å². The summed E-state index contributed by atoms with van der Waals surface area (Å²) in [4.78, 5) is 27.4. The summed E-state index contributed by atoms with van der Waals surface area (Å²) in [5.41, 5.74) is 3.14. The number of fused-ring (bicyclic) bond motifs is 1. The van der Waals surface area contributed by atoms with Crippen molar-refractivity contribution in [2.75, 3.05) is 18.4 Å². The number of anilines is 1. The van der Waals surface area contributed by atoms with Crippen LogP contribution in [0.4, 0.5) is 10.5 Å². The van der Waals surface area contributed by atoms with Crippen LogP contribution in [0.3, 0.4) is 0 Å². The van der Waals surface area contributed by atoms with Crippen LogP contribution in [0.15, 0.2) is 35.7 Å². The monoisotopic (exact) mass is 343 g/mol. The third-order valence-electron chi connectivity index (χ3n) is 4.09. The minimum Gasteiger partial charge on any atom is -0.338 e. The van der Waals surface area contributed by atoms with Gasteiger partial charge in [-0.3, -0.25) is 4.79 Å². The van der Waals surface area contributed by atoms with Gasteiger partial charge in [-0.1, -0.05) is 17.7 Å². The van der Waals surface area contributed by atoms with Gasteiger partial charge in [0.1, 0.15) is 0 Å². The molecule has 126 valence electrons. The summed E-state index contributed by atoms with van der Waals surface area (Å²) in [6.07, 6.45) is 1.25. The number of nitrogens with zero attached hydrogens (tertiary/aromatic N) is 1. The first kappa shape index (κ1) is 16.5. The number of benzene rings is 1. The molecule has 1 aromatic carbocycles. The second kappa shape index (κ2) is 7.49. The molecule has 3 rings (SSSR count). The van der Waals surface area contributed by atoms with Crippen molar-refractivity contribution in [3.05, 3.63) is 51.7 Å². The number of thiophene rings is 1. The SMILES string of the molecule is Cc1ccc(NC(=O)NCCC(=O)N2CCc3sccc3C2)cc1. The number of aryl methyl sites for hydroxylation is 1. The molecular formula is C18H21N3O2S. The second-order valence-electron chi connectivity index (χ2n) is 5.93. The average Bonchev–Trinajstić information content (AvgIpc) is 3.04. The molecule has 1 aliphatic rings. The van der Waals surface area contributed by atoms with Crippen molar-refractivity contribution in [3.8, 4) is 0 Å². The van der Waals surface area contributed by atoms with E-state index in [1.165, 1.54) is 10.4 Å². The fraction of sp³-hybridized carbons (Fsp3) is 0.333. The molecule has 2 heterocycles. The van der Waals surface area contributed by atoms with Gasteiger partial charge in [0.2, 0.25) is 5.91 Å². The van der Waals surface area contributed by atoms with Crippen molar-refractivity contribution in [2.24, 2.45) is 0 Å². The molecule has 2 aromatic rings. The van der Waals surface area contributed by atoms with E-state index in [0.717, 1.165) is 24.2 Å². The Morgan fingerprint density at radius 3 is 2.79 bits per heavy atom. The lowest BCUT2D eigenvalue weighted by Gasteiger charge is -2.27. The zero-order valence-electron chi connectivity index (χ0n) is 13.7. The quantitative estimate of drug-likeness (QED) is 0.896. The second-order valence-corrected chi connectivity index (χ2v) is 6.93. The van der Waals surface area contributed by atoms with E-state index >= 15 is 0 Å². The maximum absolute atomic E-state index is 12.3. The third kappa shape index (κ3) is 4.14. The van der Waals surface area contributed by atoms with Crippen LogP contribution >= 0.6 is 11.3 Å². The number of amides is 3. The predicted octanol–water partition coefficient (Wildman–Crippen LogP) is 3.15. The predicted molar refractivity (Wildman–Crippen MR) is 96.3 cm³/mol. The third-order valence-corrected chi connectivity index (χ3v) is 5.12. The Balaban J connectivity index is 1.40. The Labute approximate surface area is 145 Å². The van der Waals surface area contributed by atoms with Crippen molar-refractivity contribution in [1.29, 1.82) is 0 Å². The van der Waals surface area contributed by atoms with Crippen molar-refractivity contribution in [1.82, 2.24) is 10.2 Å². The molecule has 24 heavy (non-hydrogen) atoms. The number of urea groups is 1. The van der Waals surface area contributed by atoms with Crippen LogP contribution < -0.4 is 10.6 Å². The molecular weight excluding hydrogens is 322 g/mol. The minimum absolute atomic E-state index is 0.0856. The fourth-order valence-electron chi connectivity index (χ4n) is 2.71. The summed E-state index contributed by atoms with van der Waals surface area (Å²) in [5.74, 6) is 0.0856. The fourth-order valence-corrected chi connectivity index (χ4v) is 3.60. The van der Waals surface area contributed by atoms with E-state index in [2.05, 4.69) is 22.1 Å². The van der Waals surface area contributed by atoms with Gasteiger partial charge in [0.25, 0.3) is 0 Å². The average molecular weight is 343 g/mol. The van der Waals surface area contributed by atoms with Crippen molar-refractivity contribution < 1.29 is 9.59 Å². The summed E-state index contributed by atoms with van der Waals surface area (Å²) in [5, 5.41) is 7.57. The van der Waals surface area contributed by atoms with Crippen LogP contribution in [-0.2, 0) is 17.8 Å². The lowest BCUT2D eigenvalue weighted by molar-refractivity contribution is -0.131. The summed E-state index contributed by atoms with van der Waals surface area (Å²) in [7, 11) is 0. The van der Waals surface area contributed by atoms with E-state index in [4.69, 9.17) is 0 Å². The number of carbonyl (C=O) groups excluding carboxylic acids is 2. The summed E-state index contributed by atoms with van der Waals surface area (Å²) in [6, 6.07) is 9.39. The van der Waals surface area contributed by atoms with Crippen molar-refractivity contribution in [3.63, 3.8) is 0 Å². The smallest absolute Gasteiger partial charge is 0.319 e. The highest BCUT2D eigenvalue weighted by atomic mass is 32.1. The minimum atomic E-state index is -0.287. The molecule has 1 aromatic heterocycles. The van der Waals surface area contributed by atoms with Crippen molar-refractivity contribution >= 4 is 29.0 Å². The Bertz CT molecular complexity index is 724. The van der Waals surface area contributed by atoms with Gasteiger partial charge in [0, 0.05) is 36.6 Å². The number of hydrogen-bond donors (Lipinski definition) is 2. The highest BCUT2D eigenvalue weighted by molar-refractivity contribution is 7.10. The molecule has 5 nitrogen and oxygen atoms in total. The molecule has 0 radical (unpaired) electrons. The molecule has 6 heteroatoms. The Kier molecular flexibility index (Phi) is 5.15. The molecule has 0 bridgehead atoms. The van der Waals surface area contributed by atoms with Crippen LogP contribution in [0.5, 0.6) is 0 Å². The van der Waals surface area contributed by atoms with Gasteiger partial charge in [-0.05, 0) is 42.5 Å². The number of carbonyl (C=O) groups is 2. The highest BCUT2D eigenvalue weighted by Crippen LogP contribution is 2.24. The summed E-state index contributed by atoms with van der Waals surface area (Å²) in [6.45, 7) is 3.79. The van der Waals surface area contributed by atoms with Gasteiger partial charge in [0.05, 0.1) is 0 Å². The molecule has 0 aliphatic carbocycles. The van der Waals surface area contributed by atoms with Gasteiger partial charge in [-0.15, -0.1) is 11.3 Å². The topological polar surface area (TPSA) is 61.4 Å². The summed E-state index contributed by atoms with van der Waals surface area (Å²) < 4.78 is 0. The van der Waals surface area contributed by atoms with Crippen molar-refractivity contribution in [2.45, 2.75) is 26.3 Å². The van der Waals surface area contributed by atoms with Gasteiger partial charge >= 0.3 is 6.03 Å². The maximum atomic E-state index is 12.3. The lowest BCUT2D eigenvalue weighted by atomic mass is 10.1. The Hall–Kier alpha value is -2.34. The van der Waals surface area contributed by atoms with E-state index in [9.17, 15) is 9.59 Å². The standard InChI is InChI=1S/C18H21N3O2S/c1-13-2-4-15(5-3-13)20-18(23)19-9-6-17(22)21-10-7-16-14(12-21)8-11-24-16/h2-5,8,11H,6-7,9-10,12H2,1H3,(H2,19,20,23). The zero-order chi connectivity index (χ0) is 16.9. The van der Waals surface area contributed by atoms with Gasteiger partial charge in [-0.2, -0.15) is 0 Å². The Morgan fingerprint density at radius 1 is 1.21 bits per heavy atom. The van der Waals surface area contributed by atoms with E-state index in [0.29, 0.717) is 19.5 Å². The highest BCUT2D eigenvalue weighted by Gasteiger charge is 2.21.